The molecule has 1 aliphatic heterocycles. The maximum Gasteiger partial charge on any atom is 0.0513 e. The summed E-state index contributed by atoms with van der Waals surface area (Å²) in [5, 5.41) is 2.49. The van der Waals surface area contributed by atoms with Gasteiger partial charge in [0.2, 0.25) is 0 Å². The molecule has 0 amide bonds. The molecular weight excluding hydrogens is 258 g/mol. The number of fused-ring (bicyclic) bond motifs is 1. The fourth-order valence-corrected chi connectivity index (χ4v) is 3.36. The number of hydrogen-bond acceptors (Lipinski definition) is 3. The number of benzene rings is 1. The molecule has 1 aromatic carbocycles. The largest absolute Gasteiger partial charge is 0.399 e. The highest BCUT2D eigenvalue weighted by Gasteiger charge is 2.22. The molecule has 112 valence electrons. The predicted octanol–water partition coefficient (Wildman–Crippen LogP) is 3.80. The first-order valence-electron chi connectivity index (χ1n) is 8.14. The molecule has 0 unspecified atom stereocenters. The fourth-order valence-electron chi connectivity index (χ4n) is 3.36. The summed E-state index contributed by atoms with van der Waals surface area (Å²) in [4.78, 5) is 7.29. The van der Waals surface area contributed by atoms with Gasteiger partial charge in [0, 0.05) is 23.2 Å². The lowest BCUT2D eigenvalue weighted by atomic mass is 9.90. The Morgan fingerprint density at radius 2 is 2.05 bits per heavy atom. The molecule has 3 nitrogen and oxygen atoms in total. The summed E-state index contributed by atoms with van der Waals surface area (Å²) in [5.74, 6) is 0.593. The number of unbranched alkanes of at least 4 members (excludes halogenated alkanes) is 1. The zero-order valence-electron chi connectivity index (χ0n) is 12.9. The molecule has 3 heteroatoms. The Labute approximate surface area is 127 Å². The van der Waals surface area contributed by atoms with Gasteiger partial charge in [-0.1, -0.05) is 19.4 Å². The number of anilines is 1. The van der Waals surface area contributed by atoms with Crippen LogP contribution in [0.5, 0.6) is 0 Å². The van der Waals surface area contributed by atoms with Gasteiger partial charge >= 0.3 is 0 Å². The second-order valence-corrected chi connectivity index (χ2v) is 6.15. The fraction of sp³-hybridized carbons (Fsp3) is 0.500. The average Bonchev–Trinajstić information content (AvgIpc) is 2.52. The Morgan fingerprint density at radius 3 is 2.81 bits per heavy atom. The SMILES string of the molecule is CCCCN1CCC(c2nccc3cc(N)ccc23)CC1. The number of piperidine rings is 1. The topological polar surface area (TPSA) is 42.2 Å². The molecular formula is C18H25N3. The summed E-state index contributed by atoms with van der Waals surface area (Å²) in [6, 6.07) is 8.24. The smallest absolute Gasteiger partial charge is 0.0513 e. The van der Waals surface area contributed by atoms with E-state index in [1.807, 2.05) is 12.3 Å². The molecule has 1 aliphatic rings. The van der Waals surface area contributed by atoms with E-state index in [0.717, 1.165) is 5.69 Å². The molecule has 3 rings (SSSR count). The normalized spacial score (nSPS) is 17.4. The Hall–Kier alpha value is -1.61. The lowest BCUT2D eigenvalue weighted by Crippen LogP contribution is -2.33. The van der Waals surface area contributed by atoms with Gasteiger partial charge in [-0.05, 0) is 62.5 Å². The third-order valence-corrected chi connectivity index (χ3v) is 4.62. The molecule has 0 aliphatic carbocycles. The summed E-state index contributed by atoms with van der Waals surface area (Å²) < 4.78 is 0. The van der Waals surface area contributed by atoms with Gasteiger partial charge in [-0.25, -0.2) is 0 Å². The number of nitrogens with zero attached hydrogens (tertiary/aromatic N) is 2. The third-order valence-electron chi connectivity index (χ3n) is 4.62. The van der Waals surface area contributed by atoms with Crippen molar-refractivity contribution < 1.29 is 0 Å². The van der Waals surface area contributed by atoms with E-state index in [2.05, 4.69) is 35.0 Å². The van der Waals surface area contributed by atoms with E-state index < -0.39 is 0 Å². The Kier molecular flexibility index (Phi) is 4.39. The van der Waals surface area contributed by atoms with Gasteiger partial charge in [-0.15, -0.1) is 0 Å². The van der Waals surface area contributed by atoms with Crippen LogP contribution in [0.15, 0.2) is 30.5 Å². The van der Waals surface area contributed by atoms with E-state index in [1.165, 1.54) is 61.8 Å². The van der Waals surface area contributed by atoms with Gasteiger partial charge in [0.05, 0.1) is 5.69 Å². The first-order valence-corrected chi connectivity index (χ1v) is 8.14. The van der Waals surface area contributed by atoms with Crippen molar-refractivity contribution in [2.45, 2.75) is 38.5 Å². The van der Waals surface area contributed by atoms with Crippen molar-refractivity contribution in [1.82, 2.24) is 9.88 Å². The summed E-state index contributed by atoms with van der Waals surface area (Å²) in [5.41, 5.74) is 7.98. The van der Waals surface area contributed by atoms with Crippen LogP contribution in [0.1, 0.15) is 44.2 Å². The molecule has 1 aromatic heterocycles. The van der Waals surface area contributed by atoms with Crippen molar-refractivity contribution in [2.24, 2.45) is 0 Å². The highest BCUT2D eigenvalue weighted by Crippen LogP contribution is 2.32. The van der Waals surface area contributed by atoms with Gasteiger partial charge in [0.25, 0.3) is 0 Å². The van der Waals surface area contributed by atoms with Crippen LogP contribution >= 0.6 is 0 Å². The Balaban J connectivity index is 1.76. The molecule has 2 N–H and O–H groups in total. The summed E-state index contributed by atoms with van der Waals surface area (Å²) in [6.07, 6.45) is 6.98. The van der Waals surface area contributed by atoms with E-state index in [9.17, 15) is 0 Å². The lowest BCUT2D eigenvalue weighted by molar-refractivity contribution is 0.209. The molecule has 1 saturated heterocycles. The van der Waals surface area contributed by atoms with Gasteiger partial charge in [-0.3, -0.25) is 4.98 Å². The van der Waals surface area contributed by atoms with Crippen LogP contribution in [-0.2, 0) is 0 Å². The number of rotatable bonds is 4. The van der Waals surface area contributed by atoms with Crippen LogP contribution in [0, 0.1) is 0 Å². The van der Waals surface area contributed by atoms with Crippen molar-refractivity contribution in [3.63, 3.8) is 0 Å². The summed E-state index contributed by atoms with van der Waals surface area (Å²) >= 11 is 0. The molecule has 2 aromatic rings. The van der Waals surface area contributed by atoms with Crippen LogP contribution in [0.4, 0.5) is 5.69 Å². The van der Waals surface area contributed by atoms with E-state index in [0.29, 0.717) is 5.92 Å². The molecule has 1 fully saturated rings. The number of nitrogen functional groups attached to an aromatic ring is 1. The molecule has 21 heavy (non-hydrogen) atoms. The third kappa shape index (κ3) is 3.18. The van der Waals surface area contributed by atoms with Crippen LogP contribution < -0.4 is 5.73 Å². The second kappa shape index (κ2) is 6.44. The van der Waals surface area contributed by atoms with Crippen LogP contribution in [-0.4, -0.2) is 29.5 Å². The molecule has 0 radical (unpaired) electrons. The zero-order valence-corrected chi connectivity index (χ0v) is 12.9. The minimum absolute atomic E-state index is 0.593. The summed E-state index contributed by atoms with van der Waals surface area (Å²) in [6.45, 7) is 5.93. The van der Waals surface area contributed by atoms with Crippen LogP contribution in [0.25, 0.3) is 10.8 Å². The van der Waals surface area contributed by atoms with Gasteiger partial charge in [0.15, 0.2) is 0 Å². The van der Waals surface area contributed by atoms with E-state index in [1.54, 1.807) is 0 Å². The number of aromatic nitrogens is 1. The van der Waals surface area contributed by atoms with Crippen molar-refractivity contribution >= 4 is 16.5 Å². The molecule has 0 saturated carbocycles. The molecule has 0 spiro atoms. The van der Waals surface area contributed by atoms with Crippen LogP contribution in [0.2, 0.25) is 0 Å². The van der Waals surface area contributed by atoms with Gasteiger partial charge < -0.3 is 10.6 Å². The Morgan fingerprint density at radius 1 is 1.24 bits per heavy atom. The van der Waals surface area contributed by atoms with Crippen molar-refractivity contribution in [3.05, 3.63) is 36.2 Å². The predicted molar refractivity (Wildman–Crippen MR) is 89.5 cm³/mol. The average molecular weight is 283 g/mol. The number of nitrogens with two attached hydrogens (primary N) is 1. The van der Waals surface area contributed by atoms with Crippen LogP contribution in [0.3, 0.4) is 0 Å². The highest BCUT2D eigenvalue weighted by atomic mass is 15.1. The van der Waals surface area contributed by atoms with E-state index >= 15 is 0 Å². The maximum absolute atomic E-state index is 5.89. The minimum Gasteiger partial charge on any atom is -0.399 e. The van der Waals surface area contributed by atoms with Gasteiger partial charge in [-0.2, -0.15) is 0 Å². The monoisotopic (exact) mass is 283 g/mol. The van der Waals surface area contributed by atoms with Crippen molar-refractivity contribution in [3.8, 4) is 0 Å². The second-order valence-electron chi connectivity index (χ2n) is 6.15. The number of hydrogen-bond donors (Lipinski definition) is 1. The van der Waals surface area contributed by atoms with E-state index in [-0.39, 0.29) is 0 Å². The number of pyridine rings is 1. The molecule has 2 heterocycles. The standard InChI is InChI=1S/C18H25N3/c1-2-3-10-21-11-7-14(8-12-21)18-17-5-4-16(19)13-15(17)6-9-20-18/h4-6,9,13-14H,2-3,7-8,10-12,19H2,1H3. The minimum atomic E-state index is 0.593. The number of likely N-dealkylation sites (tertiary alicyclic amines) is 1. The highest BCUT2D eigenvalue weighted by molar-refractivity contribution is 5.87. The van der Waals surface area contributed by atoms with Crippen molar-refractivity contribution in [1.29, 1.82) is 0 Å². The zero-order chi connectivity index (χ0) is 14.7. The maximum atomic E-state index is 5.89. The quantitative estimate of drug-likeness (QED) is 0.868. The first-order chi connectivity index (χ1) is 10.3. The summed E-state index contributed by atoms with van der Waals surface area (Å²) in [7, 11) is 0. The Bertz CT molecular complexity index is 600. The van der Waals surface area contributed by atoms with Crippen molar-refractivity contribution in [2.75, 3.05) is 25.4 Å². The van der Waals surface area contributed by atoms with E-state index in [4.69, 9.17) is 5.73 Å². The first kappa shape index (κ1) is 14.3. The molecule has 0 atom stereocenters. The van der Waals surface area contributed by atoms with Gasteiger partial charge in [0.1, 0.15) is 0 Å². The lowest BCUT2D eigenvalue weighted by Gasteiger charge is -2.32. The molecule has 0 bridgehead atoms.